The molecule has 0 aromatic heterocycles. The minimum absolute atomic E-state index is 0. The van der Waals surface area contributed by atoms with Gasteiger partial charge in [0.15, 0.2) is 0 Å². The van der Waals surface area contributed by atoms with Crippen molar-refractivity contribution in [2.45, 2.75) is 6.42 Å². The standard InChI is InChI=1S/C10H9N3O3S.Na/c1-8(7-11)5-9-3-2-4-10(6-9)12-13-17(14,15)16;/h2-4,6H,1,5H2,(H,14,15,16);/q;+1/p-1. The van der Waals surface area contributed by atoms with E-state index in [2.05, 4.69) is 16.2 Å². The van der Waals surface area contributed by atoms with Crippen molar-refractivity contribution in [1.82, 2.24) is 0 Å². The Balaban J connectivity index is 0.00000289. The topological polar surface area (TPSA) is 106 Å². The summed E-state index contributed by atoms with van der Waals surface area (Å²) >= 11 is 0. The van der Waals surface area contributed by atoms with Crippen molar-refractivity contribution in [2.75, 3.05) is 0 Å². The molecule has 1 rings (SSSR count). The summed E-state index contributed by atoms with van der Waals surface area (Å²) in [6, 6.07) is 8.26. The SMILES string of the molecule is C=C(C#N)Cc1cccc(N=NS(=O)(=O)[O-])c1.[Na+]. The van der Waals surface area contributed by atoms with Crippen molar-refractivity contribution in [2.24, 2.45) is 9.63 Å². The zero-order valence-corrected chi connectivity index (χ0v) is 12.5. The molecule has 0 radical (unpaired) electrons. The van der Waals surface area contributed by atoms with E-state index in [1.807, 2.05) is 6.07 Å². The molecule has 0 heterocycles. The number of nitrogens with zero attached hydrogens (tertiary/aromatic N) is 3. The molecule has 0 N–H and O–H groups in total. The third-order valence-electron chi connectivity index (χ3n) is 1.74. The third-order valence-corrected chi connectivity index (χ3v) is 2.02. The largest absolute Gasteiger partial charge is 1.00 e. The van der Waals surface area contributed by atoms with Crippen molar-refractivity contribution in [3.63, 3.8) is 0 Å². The minimum Gasteiger partial charge on any atom is -0.728 e. The van der Waals surface area contributed by atoms with E-state index in [1.165, 1.54) is 12.1 Å². The van der Waals surface area contributed by atoms with Gasteiger partial charge in [-0.05, 0) is 17.7 Å². The van der Waals surface area contributed by atoms with Crippen LogP contribution in [-0.4, -0.2) is 13.0 Å². The van der Waals surface area contributed by atoms with Gasteiger partial charge >= 0.3 is 29.6 Å². The fourth-order valence-corrected chi connectivity index (χ4v) is 1.31. The van der Waals surface area contributed by atoms with Crippen LogP contribution in [0.25, 0.3) is 0 Å². The van der Waals surface area contributed by atoms with Gasteiger partial charge in [0, 0.05) is 12.0 Å². The number of nitriles is 1. The van der Waals surface area contributed by atoms with Gasteiger partial charge in [-0.2, -0.15) is 5.26 Å². The number of rotatable bonds is 4. The smallest absolute Gasteiger partial charge is 0.728 e. The van der Waals surface area contributed by atoms with Gasteiger partial charge in [0.05, 0.1) is 11.8 Å². The first-order valence-corrected chi connectivity index (χ1v) is 5.83. The molecule has 0 aliphatic rings. The van der Waals surface area contributed by atoms with Gasteiger partial charge in [-0.25, -0.2) is 8.42 Å². The van der Waals surface area contributed by atoms with Crippen molar-refractivity contribution < 1.29 is 42.5 Å². The molecule has 6 nitrogen and oxygen atoms in total. The Morgan fingerprint density at radius 2 is 2.17 bits per heavy atom. The molecule has 1 aromatic carbocycles. The van der Waals surface area contributed by atoms with Crippen LogP contribution in [0.5, 0.6) is 0 Å². The van der Waals surface area contributed by atoms with E-state index in [4.69, 9.17) is 5.26 Å². The predicted molar refractivity (Wildman–Crippen MR) is 59.1 cm³/mol. The summed E-state index contributed by atoms with van der Waals surface area (Å²) < 4.78 is 33.3. The Hall–Kier alpha value is -1.04. The molecule has 1 aromatic rings. The quantitative estimate of drug-likeness (QED) is 0.299. The van der Waals surface area contributed by atoms with E-state index in [0.717, 1.165) is 5.56 Å². The summed E-state index contributed by atoms with van der Waals surface area (Å²) in [4.78, 5) is 0. The van der Waals surface area contributed by atoms with Crippen LogP contribution < -0.4 is 29.6 Å². The number of benzene rings is 1. The predicted octanol–water partition coefficient (Wildman–Crippen LogP) is -1.14. The fraction of sp³-hybridized carbons (Fsp3) is 0.100. The molecule has 0 saturated heterocycles. The molecule has 0 amide bonds. The molecule has 8 heteroatoms. The zero-order chi connectivity index (χ0) is 12.9. The van der Waals surface area contributed by atoms with Gasteiger partial charge in [0.1, 0.15) is 0 Å². The van der Waals surface area contributed by atoms with Gasteiger partial charge in [-0.3, -0.25) is 0 Å². The summed E-state index contributed by atoms with van der Waals surface area (Å²) in [5, 5.41) is 11.8. The molecule has 0 bridgehead atoms. The van der Waals surface area contributed by atoms with Crippen LogP contribution in [-0.2, 0) is 16.7 Å². The summed E-state index contributed by atoms with van der Waals surface area (Å²) in [5.74, 6) is 0. The maximum atomic E-state index is 10.2. The molecule has 0 unspecified atom stereocenters. The number of hydrogen-bond acceptors (Lipinski definition) is 5. The molecule has 0 aliphatic carbocycles. The number of hydrogen-bond donors (Lipinski definition) is 0. The summed E-state index contributed by atoms with van der Waals surface area (Å²) in [6.07, 6.45) is 0.337. The first kappa shape index (κ1) is 17.0. The van der Waals surface area contributed by atoms with E-state index in [9.17, 15) is 13.0 Å². The van der Waals surface area contributed by atoms with Crippen molar-refractivity contribution in [3.8, 4) is 6.07 Å². The molecule has 0 atom stereocenters. The Bertz CT molecular complexity index is 605. The molecule has 0 spiro atoms. The van der Waals surface area contributed by atoms with Crippen LogP contribution >= 0.6 is 0 Å². The third kappa shape index (κ3) is 6.64. The molecular weight excluding hydrogens is 265 g/mol. The molecule has 18 heavy (non-hydrogen) atoms. The first-order valence-electron chi connectivity index (χ1n) is 4.46. The Labute approximate surface area is 127 Å². The van der Waals surface area contributed by atoms with Gasteiger partial charge in [0.25, 0.3) is 0 Å². The van der Waals surface area contributed by atoms with E-state index in [0.29, 0.717) is 12.0 Å². The average Bonchev–Trinajstić information content (AvgIpc) is 2.26. The molecule has 88 valence electrons. The van der Waals surface area contributed by atoms with E-state index >= 15 is 0 Å². The van der Waals surface area contributed by atoms with Gasteiger partial charge in [-0.15, -0.1) is 5.11 Å². The monoisotopic (exact) mass is 273 g/mol. The van der Waals surface area contributed by atoms with Crippen molar-refractivity contribution >= 4 is 16.0 Å². The maximum absolute atomic E-state index is 10.2. The van der Waals surface area contributed by atoms with Gasteiger partial charge < -0.3 is 4.55 Å². The fourth-order valence-electron chi connectivity index (χ4n) is 1.11. The minimum atomic E-state index is -4.72. The summed E-state index contributed by atoms with van der Waals surface area (Å²) in [6.45, 7) is 3.52. The second kappa shape index (κ2) is 7.41. The van der Waals surface area contributed by atoms with Crippen LogP contribution in [0.2, 0.25) is 0 Å². The van der Waals surface area contributed by atoms with Crippen molar-refractivity contribution in [3.05, 3.63) is 42.0 Å². The Morgan fingerprint density at radius 1 is 1.50 bits per heavy atom. The van der Waals surface area contributed by atoms with E-state index in [1.54, 1.807) is 12.1 Å². The maximum Gasteiger partial charge on any atom is 1.00 e. The summed E-state index contributed by atoms with van der Waals surface area (Å²) in [7, 11) is -4.72. The summed E-state index contributed by atoms with van der Waals surface area (Å²) in [5.41, 5.74) is 1.33. The Kier molecular flexibility index (Phi) is 6.98. The average molecular weight is 273 g/mol. The van der Waals surface area contributed by atoms with Crippen LogP contribution in [0.4, 0.5) is 5.69 Å². The normalized spacial score (nSPS) is 10.7. The van der Waals surface area contributed by atoms with Crippen LogP contribution in [0.15, 0.2) is 46.1 Å². The Morgan fingerprint density at radius 3 is 2.72 bits per heavy atom. The van der Waals surface area contributed by atoms with Crippen molar-refractivity contribution in [1.29, 1.82) is 5.26 Å². The first-order chi connectivity index (χ1) is 7.90. The van der Waals surface area contributed by atoms with Crippen LogP contribution in [0.1, 0.15) is 5.56 Å². The molecule has 0 fully saturated rings. The van der Waals surface area contributed by atoms with Crippen LogP contribution in [0, 0.1) is 11.3 Å². The second-order valence-electron chi connectivity index (χ2n) is 3.17. The van der Waals surface area contributed by atoms with Crippen LogP contribution in [0.3, 0.4) is 0 Å². The van der Waals surface area contributed by atoms with Gasteiger partial charge in [-0.1, -0.05) is 23.2 Å². The zero-order valence-electron chi connectivity index (χ0n) is 9.70. The molecular formula is C10H8N3NaO3S. The number of allylic oxidation sites excluding steroid dienone is 1. The molecule has 0 aliphatic heterocycles. The van der Waals surface area contributed by atoms with E-state index < -0.39 is 10.3 Å². The van der Waals surface area contributed by atoms with E-state index in [-0.39, 0.29) is 35.2 Å². The second-order valence-corrected chi connectivity index (χ2v) is 4.19. The van der Waals surface area contributed by atoms with Gasteiger partial charge in [0.2, 0.25) is 10.3 Å². The molecule has 0 saturated carbocycles.